The highest BCUT2D eigenvalue weighted by atomic mass is 16.4. The molecule has 0 atom stereocenters. The molecule has 0 aliphatic heterocycles. The maximum atomic E-state index is 10.7. The molecule has 0 bridgehead atoms. The molecule has 1 aromatic heterocycles. The van der Waals surface area contributed by atoms with Gasteiger partial charge in [-0.05, 0) is 0 Å². The fourth-order valence-electron chi connectivity index (χ4n) is 0.747. The highest BCUT2D eigenvalue weighted by Gasteiger charge is 2.17. The quantitative estimate of drug-likeness (QED) is 0.560. The molecule has 1 aromatic rings. The fourth-order valence-corrected chi connectivity index (χ4v) is 0.747. The summed E-state index contributed by atoms with van der Waals surface area (Å²) >= 11 is 0. The number of carbonyl (C=O) groups is 2. The molecular formula is C6H8N4O4. The first-order valence-electron chi connectivity index (χ1n) is 4.79. The monoisotopic (exact) mass is 203 g/mol. The summed E-state index contributed by atoms with van der Waals surface area (Å²) in [6.07, 6.45) is -1.42. The molecule has 1 rings (SSSR count). The maximum absolute atomic E-state index is 10.7. The molecule has 3 N–H and O–H groups in total. The van der Waals surface area contributed by atoms with E-state index in [1.54, 1.807) is 5.43 Å². The zero-order valence-corrected chi connectivity index (χ0v) is 6.71. The van der Waals surface area contributed by atoms with Gasteiger partial charge in [0.15, 0.2) is 0 Å². The summed E-state index contributed by atoms with van der Waals surface area (Å²) in [5.74, 6) is 0. The van der Waals surface area contributed by atoms with E-state index in [1.807, 2.05) is 0 Å². The van der Waals surface area contributed by atoms with Gasteiger partial charge in [-0.25, -0.2) is 15.0 Å². The Kier molecular flexibility index (Phi) is 1.62. The standard InChI is InChI=1S/C6H8N4O4/c1-9-3-4(2-7-9)10(6(13)14)8-5(11)12/h2-3,8H,1H3,(H,11,12)(H,13,14)/i1D3. The van der Waals surface area contributed by atoms with Gasteiger partial charge < -0.3 is 10.2 Å². The zero-order valence-electron chi connectivity index (χ0n) is 9.71. The van der Waals surface area contributed by atoms with Crippen LogP contribution in [0, 0.1) is 0 Å². The highest BCUT2D eigenvalue weighted by Crippen LogP contribution is 2.09. The molecule has 2 amide bonds. The number of anilines is 1. The van der Waals surface area contributed by atoms with Crippen molar-refractivity contribution in [1.29, 1.82) is 0 Å². The topological polar surface area (TPSA) is 108 Å². The molecule has 0 radical (unpaired) electrons. The average Bonchev–Trinajstić information content (AvgIpc) is 2.60. The van der Waals surface area contributed by atoms with Crippen molar-refractivity contribution in [2.75, 3.05) is 5.01 Å². The number of aromatic nitrogens is 2. The van der Waals surface area contributed by atoms with E-state index in [0.717, 1.165) is 12.4 Å². The molecule has 0 unspecified atom stereocenters. The Labute approximate surface area is 82.5 Å². The van der Waals surface area contributed by atoms with Crippen LogP contribution in [0.15, 0.2) is 12.4 Å². The Hall–Kier alpha value is -2.25. The first-order valence-corrected chi connectivity index (χ1v) is 3.29. The van der Waals surface area contributed by atoms with Crippen LogP contribution in [0.2, 0.25) is 0 Å². The van der Waals surface area contributed by atoms with Crippen molar-refractivity contribution in [3.05, 3.63) is 12.4 Å². The van der Waals surface area contributed by atoms with Crippen molar-refractivity contribution in [3.63, 3.8) is 0 Å². The van der Waals surface area contributed by atoms with Gasteiger partial charge in [0.25, 0.3) is 0 Å². The molecule has 0 fully saturated rings. The minimum Gasteiger partial charge on any atom is -0.464 e. The van der Waals surface area contributed by atoms with E-state index < -0.39 is 19.2 Å². The van der Waals surface area contributed by atoms with Crippen LogP contribution < -0.4 is 10.4 Å². The van der Waals surface area contributed by atoms with Crippen LogP contribution >= 0.6 is 0 Å². The van der Waals surface area contributed by atoms with Gasteiger partial charge in [-0.3, -0.25) is 4.68 Å². The number of aryl methyl sites for hydroxylation is 1. The molecule has 14 heavy (non-hydrogen) atoms. The van der Waals surface area contributed by atoms with Gasteiger partial charge in [-0.2, -0.15) is 10.1 Å². The Morgan fingerprint density at radius 3 is 2.86 bits per heavy atom. The number of rotatable bonds is 1. The minimum atomic E-state index is -2.56. The lowest BCUT2D eigenvalue weighted by molar-refractivity contribution is 0.181. The molecule has 8 nitrogen and oxygen atoms in total. The second-order valence-corrected chi connectivity index (χ2v) is 2.18. The van der Waals surface area contributed by atoms with E-state index in [0.29, 0.717) is 4.68 Å². The van der Waals surface area contributed by atoms with Gasteiger partial charge >= 0.3 is 12.2 Å². The van der Waals surface area contributed by atoms with Crippen LogP contribution in [0.1, 0.15) is 4.11 Å². The molecule has 0 aliphatic carbocycles. The smallest absolute Gasteiger partial charge is 0.431 e. The summed E-state index contributed by atoms with van der Waals surface area (Å²) in [6.45, 7) is -2.56. The second-order valence-electron chi connectivity index (χ2n) is 2.18. The normalized spacial score (nSPS) is 13.6. The molecular weight excluding hydrogens is 192 g/mol. The average molecular weight is 203 g/mol. The third-order valence-electron chi connectivity index (χ3n) is 1.23. The summed E-state index contributed by atoms with van der Waals surface area (Å²) in [6, 6.07) is 0. The number of hydrogen-bond acceptors (Lipinski definition) is 3. The summed E-state index contributed by atoms with van der Waals surface area (Å²) in [5.41, 5.74) is 1.35. The van der Waals surface area contributed by atoms with Gasteiger partial charge in [0.05, 0.1) is 12.4 Å². The zero-order chi connectivity index (χ0) is 13.2. The van der Waals surface area contributed by atoms with Crippen molar-refractivity contribution < 1.29 is 23.9 Å². The Bertz CT molecular complexity index is 443. The SMILES string of the molecule is [2H]C([2H])([2H])n1cc(N(NC(=O)O)C(=O)O)cn1. The molecule has 0 spiro atoms. The van der Waals surface area contributed by atoms with E-state index in [9.17, 15) is 9.59 Å². The van der Waals surface area contributed by atoms with Crippen molar-refractivity contribution in [2.24, 2.45) is 6.98 Å². The summed E-state index contributed by atoms with van der Waals surface area (Å²) < 4.78 is 21.6. The van der Waals surface area contributed by atoms with Gasteiger partial charge in [0, 0.05) is 11.1 Å². The maximum Gasteiger partial charge on any atom is 0.431 e. The Balaban J connectivity index is 3.00. The predicted octanol–water partition coefficient (Wildman–Crippen LogP) is 0.0871. The van der Waals surface area contributed by atoms with Crippen molar-refractivity contribution in [1.82, 2.24) is 15.2 Å². The number of amides is 2. The number of carboxylic acid groups (broad SMARTS) is 2. The van der Waals surface area contributed by atoms with E-state index in [2.05, 4.69) is 5.10 Å². The Morgan fingerprint density at radius 1 is 1.71 bits per heavy atom. The number of hydrazine groups is 1. The van der Waals surface area contributed by atoms with Crippen molar-refractivity contribution in [3.8, 4) is 0 Å². The van der Waals surface area contributed by atoms with Crippen LogP contribution in [-0.2, 0) is 6.98 Å². The largest absolute Gasteiger partial charge is 0.464 e. The van der Waals surface area contributed by atoms with Gasteiger partial charge in [0.2, 0.25) is 0 Å². The predicted molar refractivity (Wildman–Crippen MR) is 44.9 cm³/mol. The number of hydrogen-bond donors (Lipinski definition) is 3. The number of nitrogens with zero attached hydrogens (tertiary/aromatic N) is 3. The lowest BCUT2D eigenvalue weighted by atomic mass is 10.5. The lowest BCUT2D eigenvalue weighted by Gasteiger charge is -2.15. The van der Waals surface area contributed by atoms with Crippen LogP contribution in [0.25, 0.3) is 0 Å². The third-order valence-corrected chi connectivity index (χ3v) is 1.23. The van der Waals surface area contributed by atoms with Crippen LogP contribution in [0.5, 0.6) is 0 Å². The van der Waals surface area contributed by atoms with Gasteiger partial charge in [-0.1, -0.05) is 0 Å². The molecule has 0 aliphatic rings. The lowest BCUT2D eigenvalue weighted by Crippen LogP contribution is -2.45. The van der Waals surface area contributed by atoms with Gasteiger partial charge in [0.1, 0.15) is 5.69 Å². The van der Waals surface area contributed by atoms with E-state index >= 15 is 0 Å². The molecule has 0 saturated heterocycles. The third kappa shape index (κ3) is 2.12. The van der Waals surface area contributed by atoms with Crippen LogP contribution in [0.4, 0.5) is 15.3 Å². The summed E-state index contributed by atoms with van der Waals surface area (Å²) in [7, 11) is 0. The number of nitrogens with one attached hydrogen (secondary N) is 1. The van der Waals surface area contributed by atoms with Crippen molar-refractivity contribution >= 4 is 17.9 Å². The highest BCUT2D eigenvalue weighted by molar-refractivity contribution is 5.88. The fraction of sp³-hybridized carbons (Fsp3) is 0.167. The minimum absolute atomic E-state index is 0.226. The molecule has 1 heterocycles. The molecule has 0 aromatic carbocycles. The van der Waals surface area contributed by atoms with E-state index in [-0.39, 0.29) is 10.7 Å². The van der Waals surface area contributed by atoms with Gasteiger partial charge in [-0.15, -0.1) is 0 Å². The molecule has 0 saturated carbocycles. The van der Waals surface area contributed by atoms with Crippen LogP contribution in [0.3, 0.4) is 0 Å². The van der Waals surface area contributed by atoms with E-state index in [1.165, 1.54) is 0 Å². The first kappa shape index (κ1) is 6.24. The Morgan fingerprint density at radius 2 is 2.43 bits per heavy atom. The van der Waals surface area contributed by atoms with E-state index in [4.69, 9.17) is 14.3 Å². The molecule has 8 heteroatoms. The molecule has 76 valence electrons. The second kappa shape index (κ2) is 3.64. The van der Waals surface area contributed by atoms with Crippen LogP contribution in [-0.4, -0.2) is 32.2 Å². The van der Waals surface area contributed by atoms with Crippen molar-refractivity contribution in [2.45, 2.75) is 0 Å². The first-order chi connectivity index (χ1) is 7.71. The summed E-state index contributed by atoms with van der Waals surface area (Å²) in [4.78, 5) is 21.1. The summed E-state index contributed by atoms with van der Waals surface area (Å²) in [5, 5.41) is 20.8.